The smallest absolute Gasteiger partial charge is 0.310 e. The Kier molecular flexibility index (Phi) is 3.42. The third kappa shape index (κ3) is 2.48. The largest absolute Gasteiger partial charge is 0.508 e. The molecular weight excluding hydrogens is 308 g/mol. The van der Waals surface area contributed by atoms with Crippen molar-refractivity contribution in [1.29, 1.82) is 0 Å². The zero-order valence-electron chi connectivity index (χ0n) is 12.6. The molecule has 6 nitrogen and oxygen atoms in total. The standard InChI is InChI=1S/C18H14N2O4/c21-13-7-5-12(6-8-13)14-11-15(16-3-1-9-23-16)20(19-14)18(22)17-4-2-10-24-17/h1-10,15,21H,11H2/t15-/m0/s1. The van der Waals surface area contributed by atoms with Crippen LogP contribution in [0.4, 0.5) is 0 Å². The average molecular weight is 322 g/mol. The Morgan fingerprint density at radius 1 is 1.08 bits per heavy atom. The average Bonchev–Trinajstić information content (AvgIpc) is 3.34. The number of nitrogens with zero attached hydrogens (tertiary/aromatic N) is 2. The fourth-order valence-corrected chi connectivity index (χ4v) is 2.74. The predicted molar refractivity (Wildman–Crippen MR) is 85.6 cm³/mol. The Morgan fingerprint density at radius 3 is 2.50 bits per heavy atom. The summed E-state index contributed by atoms with van der Waals surface area (Å²) < 4.78 is 10.7. The van der Waals surface area contributed by atoms with E-state index in [0.717, 1.165) is 11.3 Å². The summed E-state index contributed by atoms with van der Waals surface area (Å²) in [5.41, 5.74) is 1.59. The molecule has 0 unspecified atom stereocenters. The van der Waals surface area contributed by atoms with Gasteiger partial charge in [0.1, 0.15) is 17.6 Å². The van der Waals surface area contributed by atoms with Crippen LogP contribution in [0.3, 0.4) is 0 Å². The van der Waals surface area contributed by atoms with Crippen LogP contribution < -0.4 is 0 Å². The van der Waals surface area contributed by atoms with E-state index in [1.807, 2.05) is 6.07 Å². The highest BCUT2D eigenvalue weighted by molar-refractivity contribution is 6.04. The number of aromatic hydroxyl groups is 1. The molecular formula is C18H14N2O4. The first-order chi connectivity index (χ1) is 11.7. The number of hydrogen-bond donors (Lipinski definition) is 1. The van der Waals surface area contributed by atoms with E-state index in [1.54, 1.807) is 48.7 Å². The Balaban J connectivity index is 1.71. The first kappa shape index (κ1) is 14.3. The molecule has 1 aromatic carbocycles. The molecule has 2 aromatic heterocycles. The van der Waals surface area contributed by atoms with Crippen LogP contribution in [0.1, 0.15) is 34.3 Å². The number of rotatable bonds is 3. The van der Waals surface area contributed by atoms with Crippen LogP contribution >= 0.6 is 0 Å². The minimum absolute atomic E-state index is 0.184. The number of hydrogen-bond acceptors (Lipinski definition) is 5. The van der Waals surface area contributed by atoms with Gasteiger partial charge in [0.25, 0.3) is 0 Å². The number of furan rings is 2. The molecule has 0 saturated carbocycles. The lowest BCUT2D eigenvalue weighted by Gasteiger charge is -2.18. The van der Waals surface area contributed by atoms with Gasteiger partial charge in [0, 0.05) is 6.42 Å². The highest BCUT2D eigenvalue weighted by Crippen LogP contribution is 2.34. The van der Waals surface area contributed by atoms with E-state index in [4.69, 9.17) is 8.83 Å². The van der Waals surface area contributed by atoms with Crippen molar-refractivity contribution in [2.45, 2.75) is 12.5 Å². The molecule has 1 aliphatic rings. The van der Waals surface area contributed by atoms with Crippen molar-refractivity contribution >= 4 is 11.6 Å². The Labute approximate surface area is 137 Å². The summed E-state index contributed by atoms with van der Waals surface area (Å²) in [6.07, 6.45) is 3.55. The van der Waals surface area contributed by atoms with Crippen LogP contribution in [-0.2, 0) is 0 Å². The maximum atomic E-state index is 12.7. The van der Waals surface area contributed by atoms with Crippen molar-refractivity contribution in [1.82, 2.24) is 5.01 Å². The first-order valence-electron chi connectivity index (χ1n) is 7.50. The highest BCUT2D eigenvalue weighted by Gasteiger charge is 2.36. The fraction of sp³-hybridized carbons (Fsp3) is 0.111. The molecule has 0 saturated heterocycles. The molecule has 0 spiro atoms. The van der Waals surface area contributed by atoms with Gasteiger partial charge >= 0.3 is 5.91 Å². The van der Waals surface area contributed by atoms with Crippen molar-refractivity contribution in [3.8, 4) is 5.75 Å². The molecule has 24 heavy (non-hydrogen) atoms. The topological polar surface area (TPSA) is 79.2 Å². The summed E-state index contributed by atoms with van der Waals surface area (Å²) in [6.45, 7) is 0. The molecule has 120 valence electrons. The lowest BCUT2D eigenvalue weighted by Crippen LogP contribution is -2.26. The summed E-state index contributed by atoms with van der Waals surface area (Å²) in [7, 11) is 0. The molecule has 0 aliphatic carbocycles. The molecule has 1 aliphatic heterocycles. The number of phenolic OH excluding ortho intramolecular Hbond substituents is 1. The van der Waals surface area contributed by atoms with Gasteiger partial charge in [-0.3, -0.25) is 4.79 Å². The summed E-state index contributed by atoms with van der Waals surface area (Å²) in [4.78, 5) is 12.7. The van der Waals surface area contributed by atoms with Gasteiger partial charge in [-0.05, 0) is 54.1 Å². The Hall–Kier alpha value is -3.28. The maximum Gasteiger partial charge on any atom is 0.310 e. The van der Waals surface area contributed by atoms with E-state index >= 15 is 0 Å². The van der Waals surface area contributed by atoms with Gasteiger partial charge in [-0.1, -0.05) is 0 Å². The lowest BCUT2D eigenvalue weighted by atomic mass is 10.0. The van der Waals surface area contributed by atoms with E-state index in [0.29, 0.717) is 12.2 Å². The van der Waals surface area contributed by atoms with Crippen LogP contribution in [0.5, 0.6) is 5.75 Å². The van der Waals surface area contributed by atoms with Crippen molar-refractivity contribution in [3.05, 3.63) is 78.1 Å². The van der Waals surface area contributed by atoms with Crippen LogP contribution in [-0.4, -0.2) is 21.7 Å². The quantitative estimate of drug-likeness (QED) is 0.799. The minimum Gasteiger partial charge on any atom is -0.508 e. The zero-order valence-corrected chi connectivity index (χ0v) is 12.6. The second-order valence-electron chi connectivity index (χ2n) is 5.46. The second-order valence-corrected chi connectivity index (χ2v) is 5.46. The molecule has 0 fully saturated rings. The molecule has 4 rings (SSSR count). The van der Waals surface area contributed by atoms with Gasteiger partial charge in [-0.25, -0.2) is 5.01 Å². The van der Waals surface area contributed by atoms with Gasteiger partial charge in [-0.15, -0.1) is 0 Å². The number of hydrazone groups is 1. The first-order valence-corrected chi connectivity index (χ1v) is 7.50. The number of phenols is 1. The van der Waals surface area contributed by atoms with Crippen LogP contribution in [0.25, 0.3) is 0 Å². The van der Waals surface area contributed by atoms with Crippen molar-refractivity contribution < 1.29 is 18.7 Å². The number of carbonyl (C=O) groups excluding carboxylic acids is 1. The lowest BCUT2D eigenvalue weighted by molar-refractivity contribution is 0.0660. The third-order valence-electron chi connectivity index (χ3n) is 3.92. The van der Waals surface area contributed by atoms with E-state index in [-0.39, 0.29) is 23.5 Å². The molecule has 1 atom stereocenters. The van der Waals surface area contributed by atoms with Crippen LogP contribution in [0, 0.1) is 0 Å². The summed E-state index contributed by atoms with van der Waals surface area (Å²) in [5, 5.41) is 15.3. The van der Waals surface area contributed by atoms with Gasteiger partial charge in [-0.2, -0.15) is 5.10 Å². The molecule has 1 amide bonds. The summed E-state index contributed by atoms with van der Waals surface area (Å²) >= 11 is 0. The number of amides is 1. The number of benzene rings is 1. The predicted octanol–water partition coefficient (Wildman–Crippen LogP) is 3.57. The summed E-state index contributed by atoms with van der Waals surface area (Å²) in [6, 6.07) is 13.3. The van der Waals surface area contributed by atoms with Crippen LogP contribution in [0.15, 0.2) is 75.0 Å². The SMILES string of the molecule is O=C(c1ccco1)N1N=C(c2ccc(O)cc2)C[C@H]1c1ccco1. The Morgan fingerprint density at radius 2 is 1.83 bits per heavy atom. The second kappa shape index (κ2) is 5.73. The molecule has 0 radical (unpaired) electrons. The molecule has 3 heterocycles. The minimum atomic E-state index is -0.332. The molecule has 1 N–H and O–H groups in total. The normalized spacial score (nSPS) is 17.1. The third-order valence-corrected chi connectivity index (χ3v) is 3.92. The van der Waals surface area contributed by atoms with Crippen LogP contribution in [0.2, 0.25) is 0 Å². The number of carbonyl (C=O) groups is 1. The van der Waals surface area contributed by atoms with Gasteiger partial charge < -0.3 is 13.9 Å². The molecule has 3 aromatic rings. The highest BCUT2D eigenvalue weighted by atomic mass is 16.3. The monoisotopic (exact) mass is 322 g/mol. The van der Waals surface area contributed by atoms with Gasteiger partial charge in [0.15, 0.2) is 5.76 Å². The maximum absolute atomic E-state index is 12.7. The fourth-order valence-electron chi connectivity index (χ4n) is 2.74. The van der Waals surface area contributed by atoms with Gasteiger partial charge in [0.05, 0.1) is 18.2 Å². The Bertz CT molecular complexity index is 864. The summed E-state index contributed by atoms with van der Waals surface area (Å²) in [5.74, 6) is 0.744. The molecule has 0 bridgehead atoms. The molecule has 6 heteroatoms. The van der Waals surface area contributed by atoms with E-state index in [2.05, 4.69) is 5.10 Å². The van der Waals surface area contributed by atoms with E-state index in [9.17, 15) is 9.90 Å². The van der Waals surface area contributed by atoms with Crippen molar-refractivity contribution in [2.75, 3.05) is 0 Å². The van der Waals surface area contributed by atoms with E-state index in [1.165, 1.54) is 11.3 Å². The van der Waals surface area contributed by atoms with Gasteiger partial charge in [0.2, 0.25) is 0 Å². The van der Waals surface area contributed by atoms with E-state index < -0.39 is 0 Å². The van der Waals surface area contributed by atoms with Crippen molar-refractivity contribution in [2.24, 2.45) is 5.10 Å². The zero-order chi connectivity index (χ0) is 16.5. The van der Waals surface area contributed by atoms with Crippen molar-refractivity contribution in [3.63, 3.8) is 0 Å².